The molecule has 0 aliphatic carbocycles. The Morgan fingerprint density at radius 2 is 1.93 bits per heavy atom. The zero-order chi connectivity index (χ0) is 19.4. The van der Waals surface area contributed by atoms with Crippen LogP contribution in [-0.4, -0.2) is 33.6 Å². The molecule has 0 aliphatic heterocycles. The minimum atomic E-state index is -2.61. The lowest BCUT2D eigenvalue weighted by Gasteiger charge is -2.08. The summed E-state index contributed by atoms with van der Waals surface area (Å²) in [4.78, 5) is 16.9. The number of alkyl halides is 2. The van der Waals surface area contributed by atoms with Crippen molar-refractivity contribution < 1.29 is 13.9 Å². The highest BCUT2D eigenvalue weighted by Crippen LogP contribution is 2.34. The van der Waals surface area contributed by atoms with Crippen molar-refractivity contribution in [2.24, 2.45) is 4.99 Å². The second-order valence-electron chi connectivity index (χ2n) is 5.35. The first-order chi connectivity index (χ1) is 13.0. The van der Waals surface area contributed by atoms with E-state index in [-0.39, 0.29) is 5.56 Å². The van der Waals surface area contributed by atoms with E-state index in [0.717, 1.165) is 0 Å². The molecule has 0 fully saturated rings. The molecule has 2 N–H and O–H groups in total. The highest BCUT2D eigenvalue weighted by atomic mass is 35.5. The van der Waals surface area contributed by atoms with Crippen LogP contribution in [0.5, 0.6) is 0 Å². The zero-order valence-corrected chi connectivity index (χ0v) is 15.3. The second-order valence-corrected chi connectivity index (χ2v) is 6.81. The summed E-state index contributed by atoms with van der Waals surface area (Å²) < 4.78 is 27.1. The molecule has 2 aromatic carbocycles. The Balaban J connectivity index is 2.21. The van der Waals surface area contributed by atoms with Gasteiger partial charge in [0, 0.05) is 21.7 Å². The van der Waals surface area contributed by atoms with Crippen molar-refractivity contribution in [1.29, 1.82) is 0 Å². The fourth-order valence-electron chi connectivity index (χ4n) is 2.55. The highest BCUT2D eigenvalue weighted by Gasteiger charge is 2.19. The number of aliphatic hydroxyl groups is 1. The lowest BCUT2D eigenvalue weighted by Crippen LogP contribution is -2.17. The number of nitrogens with one attached hydrogen (secondary N) is 1. The Labute approximate surface area is 162 Å². The van der Waals surface area contributed by atoms with Crippen LogP contribution in [0.25, 0.3) is 16.9 Å². The Morgan fingerprint density at radius 3 is 2.59 bits per heavy atom. The molecular formula is C18H14ClF2N3O2S. The maximum absolute atomic E-state index is 12.9. The minimum absolute atomic E-state index is 0.154. The molecule has 0 saturated heterocycles. The molecule has 0 bridgehead atoms. The Hall–Kier alpha value is -2.42. The average molecular weight is 410 g/mol. The highest BCUT2D eigenvalue weighted by molar-refractivity contribution is 7.99. The third kappa shape index (κ3) is 4.29. The standard InChI is InChI=1S/C18H14ClF2N3O2S/c19-11-5-7-12(8-6-11)24-17(26)14(9-22-10-25)16(23-24)13-3-1-2-4-15(13)27-18(20)21/h1-9,18,23,25H,10H2. The number of hydrogen-bond acceptors (Lipinski definition) is 4. The van der Waals surface area contributed by atoms with Crippen LogP contribution in [-0.2, 0) is 0 Å². The molecule has 0 radical (unpaired) electrons. The van der Waals surface area contributed by atoms with Crippen LogP contribution in [0.3, 0.4) is 0 Å². The normalized spacial score (nSPS) is 11.6. The predicted octanol–water partition coefficient (Wildman–Crippen LogP) is 4.17. The van der Waals surface area contributed by atoms with Crippen LogP contribution in [0, 0.1) is 0 Å². The maximum atomic E-state index is 12.9. The monoisotopic (exact) mass is 409 g/mol. The Bertz CT molecular complexity index is 1020. The van der Waals surface area contributed by atoms with Crippen molar-refractivity contribution in [3.63, 3.8) is 0 Å². The number of aromatic nitrogens is 2. The molecule has 0 atom stereocenters. The van der Waals surface area contributed by atoms with Gasteiger partial charge in [0.05, 0.1) is 16.9 Å². The molecule has 0 unspecified atom stereocenters. The van der Waals surface area contributed by atoms with E-state index in [0.29, 0.717) is 38.6 Å². The molecule has 0 aliphatic rings. The molecule has 5 nitrogen and oxygen atoms in total. The van der Waals surface area contributed by atoms with Crippen LogP contribution < -0.4 is 5.56 Å². The van der Waals surface area contributed by atoms with Gasteiger partial charge in [0.2, 0.25) is 0 Å². The topological polar surface area (TPSA) is 70.4 Å². The zero-order valence-electron chi connectivity index (χ0n) is 13.8. The van der Waals surface area contributed by atoms with Gasteiger partial charge in [0.15, 0.2) is 0 Å². The first kappa shape index (κ1) is 19.3. The smallest absolute Gasteiger partial charge is 0.288 e. The number of rotatable bonds is 6. The van der Waals surface area contributed by atoms with Gasteiger partial charge in [-0.05, 0) is 30.3 Å². The number of nitrogens with zero attached hydrogens (tertiary/aromatic N) is 2. The maximum Gasteiger partial charge on any atom is 0.288 e. The molecule has 1 aromatic heterocycles. The summed E-state index contributed by atoms with van der Waals surface area (Å²) in [7, 11) is 0. The molecule has 9 heteroatoms. The predicted molar refractivity (Wildman–Crippen MR) is 103 cm³/mol. The van der Waals surface area contributed by atoms with E-state index in [4.69, 9.17) is 16.7 Å². The minimum Gasteiger partial charge on any atom is -0.375 e. The number of H-pyrrole nitrogens is 1. The van der Waals surface area contributed by atoms with Gasteiger partial charge in [-0.15, -0.1) is 0 Å². The molecular weight excluding hydrogens is 396 g/mol. The first-order valence-electron chi connectivity index (χ1n) is 7.77. The summed E-state index contributed by atoms with van der Waals surface area (Å²) in [5, 5.41) is 12.4. The number of halogens is 3. The summed E-state index contributed by atoms with van der Waals surface area (Å²) in [5.41, 5.74) is 1.01. The van der Waals surface area contributed by atoms with E-state index in [9.17, 15) is 13.6 Å². The lowest BCUT2D eigenvalue weighted by atomic mass is 10.1. The summed E-state index contributed by atoms with van der Waals surface area (Å²) in [6.45, 7) is -0.502. The average Bonchev–Trinajstić information content (AvgIpc) is 2.97. The summed E-state index contributed by atoms with van der Waals surface area (Å²) in [5.74, 6) is -2.61. The van der Waals surface area contributed by atoms with E-state index in [1.54, 1.807) is 48.5 Å². The van der Waals surface area contributed by atoms with E-state index >= 15 is 0 Å². The van der Waals surface area contributed by atoms with E-state index in [1.165, 1.54) is 10.9 Å². The summed E-state index contributed by atoms with van der Waals surface area (Å²) in [6.07, 6.45) is 1.23. The molecule has 1 heterocycles. The number of hydrogen-bond donors (Lipinski definition) is 2. The van der Waals surface area contributed by atoms with Crippen LogP contribution in [0.2, 0.25) is 5.02 Å². The Kier molecular flexibility index (Phi) is 6.10. The molecule has 3 aromatic rings. The molecule has 140 valence electrons. The fraction of sp³-hybridized carbons (Fsp3) is 0.111. The third-order valence-corrected chi connectivity index (χ3v) is 4.73. The number of aromatic amines is 1. The quantitative estimate of drug-likeness (QED) is 0.474. The molecule has 27 heavy (non-hydrogen) atoms. The summed E-state index contributed by atoms with van der Waals surface area (Å²) >= 11 is 6.28. The molecule has 0 saturated carbocycles. The first-order valence-corrected chi connectivity index (χ1v) is 9.03. The van der Waals surface area contributed by atoms with Gasteiger partial charge in [0.1, 0.15) is 6.73 Å². The van der Waals surface area contributed by atoms with Crippen molar-refractivity contribution in [3.8, 4) is 16.9 Å². The van der Waals surface area contributed by atoms with Crippen molar-refractivity contribution in [3.05, 3.63) is 69.5 Å². The van der Waals surface area contributed by atoms with Gasteiger partial charge in [-0.2, -0.15) is 8.78 Å². The molecule has 0 spiro atoms. The second kappa shape index (κ2) is 8.51. The van der Waals surface area contributed by atoms with Gasteiger partial charge in [-0.1, -0.05) is 41.6 Å². The number of thioether (sulfide) groups is 1. The largest absolute Gasteiger partial charge is 0.375 e. The van der Waals surface area contributed by atoms with Crippen molar-refractivity contribution in [2.45, 2.75) is 10.7 Å². The van der Waals surface area contributed by atoms with Crippen LogP contribution >= 0.6 is 23.4 Å². The van der Waals surface area contributed by atoms with Gasteiger partial charge in [-0.25, -0.2) is 4.68 Å². The van der Waals surface area contributed by atoms with Gasteiger partial charge in [0.25, 0.3) is 11.3 Å². The SMILES string of the molecule is O=c1c(C=NCO)c(-c2ccccc2SC(F)F)[nH]n1-c1ccc(Cl)cc1. The third-order valence-electron chi connectivity index (χ3n) is 3.69. The lowest BCUT2D eigenvalue weighted by molar-refractivity contribution is 0.252. The van der Waals surface area contributed by atoms with Gasteiger partial charge in [-0.3, -0.25) is 14.9 Å². The van der Waals surface area contributed by atoms with Crippen molar-refractivity contribution in [2.75, 3.05) is 6.73 Å². The van der Waals surface area contributed by atoms with Crippen LogP contribution in [0.1, 0.15) is 5.56 Å². The van der Waals surface area contributed by atoms with E-state index in [1.807, 2.05) is 0 Å². The number of aliphatic hydroxyl groups excluding tert-OH is 1. The van der Waals surface area contributed by atoms with Gasteiger partial charge >= 0.3 is 0 Å². The summed E-state index contributed by atoms with van der Waals surface area (Å²) in [6, 6.07) is 13.1. The van der Waals surface area contributed by atoms with Crippen molar-refractivity contribution >= 4 is 29.6 Å². The number of benzene rings is 2. The fourth-order valence-corrected chi connectivity index (χ4v) is 3.32. The van der Waals surface area contributed by atoms with Gasteiger partial charge < -0.3 is 5.11 Å². The number of aliphatic imine (C=N–C) groups is 1. The van der Waals surface area contributed by atoms with E-state index in [2.05, 4.69) is 10.1 Å². The van der Waals surface area contributed by atoms with Crippen molar-refractivity contribution in [1.82, 2.24) is 9.78 Å². The Morgan fingerprint density at radius 1 is 1.22 bits per heavy atom. The van der Waals surface area contributed by atoms with Crippen LogP contribution in [0.15, 0.2) is 63.2 Å². The molecule has 0 amide bonds. The molecule has 3 rings (SSSR count). The van der Waals surface area contributed by atoms with Crippen LogP contribution in [0.4, 0.5) is 8.78 Å². The van der Waals surface area contributed by atoms with E-state index < -0.39 is 18.0 Å².